The van der Waals surface area contributed by atoms with Crippen LogP contribution in [0.4, 0.5) is 0 Å². The summed E-state index contributed by atoms with van der Waals surface area (Å²) in [4.78, 5) is 4.71. The molecule has 0 aromatic rings. The summed E-state index contributed by atoms with van der Waals surface area (Å²) < 4.78 is 0. The molecule has 1 N–H and O–H groups in total. The molecule has 0 bridgehead atoms. The summed E-state index contributed by atoms with van der Waals surface area (Å²) in [5.74, 6) is 0. The maximum absolute atomic E-state index is 8.85. The van der Waals surface area contributed by atoms with Crippen molar-refractivity contribution in [3.05, 3.63) is 0 Å². The first-order chi connectivity index (χ1) is 6.67. The number of likely N-dealkylation sites (N-methyl/N-ethyl adjacent to an activating group) is 2. The average Bonchev–Trinajstić information content (AvgIpc) is 2.17. The van der Waals surface area contributed by atoms with Crippen LogP contribution >= 0.6 is 0 Å². The predicted octanol–water partition coefficient (Wildman–Crippen LogP) is -0.266. The van der Waals surface area contributed by atoms with Gasteiger partial charge in [0.15, 0.2) is 0 Å². The highest BCUT2D eigenvalue weighted by Crippen LogP contribution is 2.07. The summed E-state index contributed by atoms with van der Waals surface area (Å²) in [6.07, 6.45) is 0. The molecule has 4 nitrogen and oxygen atoms in total. The van der Waals surface area contributed by atoms with E-state index < -0.39 is 0 Å². The van der Waals surface area contributed by atoms with Crippen LogP contribution in [0.15, 0.2) is 0 Å². The van der Waals surface area contributed by atoms with E-state index in [0.29, 0.717) is 6.04 Å². The lowest BCUT2D eigenvalue weighted by molar-refractivity contribution is 0.0963. The van der Waals surface area contributed by atoms with Crippen LogP contribution < -0.4 is 5.32 Å². The quantitative estimate of drug-likeness (QED) is 0.675. The number of nitrogens with zero attached hydrogens (tertiary/aromatic N) is 3. The first-order valence-electron chi connectivity index (χ1n) is 5.17. The van der Waals surface area contributed by atoms with E-state index in [0.717, 1.165) is 26.2 Å². The lowest BCUT2D eigenvalue weighted by Crippen LogP contribution is -2.53. The van der Waals surface area contributed by atoms with Gasteiger partial charge in [-0.15, -0.1) is 0 Å². The molecule has 1 rings (SSSR count). The van der Waals surface area contributed by atoms with Crippen molar-refractivity contribution in [1.82, 2.24) is 15.1 Å². The molecule has 0 aromatic heterocycles. The Morgan fingerprint density at radius 1 is 1.57 bits per heavy atom. The molecular formula is C10H20N4. The van der Waals surface area contributed by atoms with Crippen LogP contribution in [0, 0.1) is 11.3 Å². The molecule has 0 aliphatic carbocycles. The minimum atomic E-state index is -0.0409. The van der Waals surface area contributed by atoms with Gasteiger partial charge < -0.3 is 10.2 Å². The van der Waals surface area contributed by atoms with Gasteiger partial charge in [-0.3, -0.25) is 4.90 Å². The zero-order valence-electron chi connectivity index (χ0n) is 9.32. The normalized spacial score (nSPS) is 27.1. The van der Waals surface area contributed by atoms with Crippen molar-refractivity contribution in [1.29, 1.82) is 5.26 Å². The highest BCUT2D eigenvalue weighted by molar-refractivity contribution is 4.93. The molecule has 0 amide bonds. The number of hydrogen-bond donors (Lipinski definition) is 1. The van der Waals surface area contributed by atoms with Crippen LogP contribution in [-0.4, -0.2) is 62.2 Å². The summed E-state index contributed by atoms with van der Waals surface area (Å²) in [7, 11) is 3.99. The third kappa shape index (κ3) is 2.95. The van der Waals surface area contributed by atoms with Gasteiger partial charge in [-0.05, 0) is 21.0 Å². The fourth-order valence-corrected chi connectivity index (χ4v) is 1.88. The summed E-state index contributed by atoms with van der Waals surface area (Å²) >= 11 is 0. The molecule has 1 heterocycles. The largest absolute Gasteiger partial charge is 0.304 e. The second kappa shape index (κ2) is 5.30. The third-order valence-electron chi connectivity index (χ3n) is 2.89. The molecule has 1 fully saturated rings. The molecular weight excluding hydrogens is 176 g/mol. The molecule has 0 radical (unpaired) electrons. The third-order valence-corrected chi connectivity index (χ3v) is 2.89. The van der Waals surface area contributed by atoms with Crippen LogP contribution in [0.2, 0.25) is 0 Å². The molecule has 1 aliphatic rings. The molecule has 0 aromatic carbocycles. The fourth-order valence-electron chi connectivity index (χ4n) is 1.88. The Balaban J connectivity index is 2.41. The average molecular weight is 196 g/mol. The molecule has 2 atom stereocenters. The van der Waals surface area contributed by atoms with Crippen LogP contribution in [0.25, 0.3) is 0 Å². The van der Waals surface area contributed by atoms with Crippen LogP contribution in [0.5, 0.6) is 0 Å². The molecule has 1 saturated heterocycles. The van der Waals surface area contributed by atoms with Crippen LogP contribution in [0.1, 0.15) is 6.92 Å². The van der Waals surface area contributed by atoms with Crippen molar-refractivity contribution in [2.24, 2.45) is 0 Å². The second-order valence-corrected chi connectivity index (χ2v) is 4.08. The van der Waals surface area contributed by atoms with Crippen molar-refractivity contribution < 1.29 is 0 Å². The summed E-state index contributed by atoms with van der Waals surface area (Å²) in [5.41, 5.74) is 0. The lowest BCUT2D eigenvalue weighted by Gasteiger charge is -2.38. The smallest absolute Gasteiger partial charge is 0.108 e. The first-order valence-corrected chi connectivity index (χ1v) is 5.17. The first kappa shape index (κ1) is 11.4. The lowest BCUT2D eigenvalue weighted by atomic mass is 10.1. The zero-order valence-corrected chi connectivity index (χ0v) is 9.32. The van der Waals surface area contributed by atoms with E-state index in [1.165, 1.54) is 0 Å². The van der Waals surface area contributed by atoms with Gasteiger partial charge in [0.05, 0.1) is 6.07 Å². The minimum absolute atomic E-state index is 0.0409. The van der Waals surface area contributed by atoms with E-state index in [4.69, 9.17) is 5.26 Å². The highest BCUT2D eigenvalue weighted by atomic mass is 15.3. The second-order valence-electron chi connectivity index (χ2n) is 4.08. The standard InChI is InChI=1S/C10H20N4/c1-9-7-13(3)4-5-14(9)8-10(6-11)12-2/h9-10,12H,4-5,7-8H2,1-3H3. The van der Waals surface area contributed by atoms with E-state index in [9.17, 15) is 0 Å². The van der Waals surface area contributed by atoms with Crippen molar-refractivity contribution in [2.45, 2.75) is 19.0 Å². The van der Waals surface area contributed by atoms with Gasteiger partial charge in [-0.25, -0.2) is 0 Å². The van der Waals surface area contributed by atoms with Crippen LogP contribution in [0.3, 0.4) is 0 Å². The summed E-state index contributed by atoms with van der Waals surface area (Å²) in [6.45, 7) is 6.33. The van der Waals surface area contributed by atoms with Gasteiger partial charge in [-0.1, -0.05) is 0 Å². The Morgan fingerprint density at radius 2 is 2.29 bits per heavy atom. The van der Waals surface area contributed by atoms with E-state index in [2.05, 4.69) is 35.2 Å². The van der Waals surface area contributed by atoms with Crippen molar-refractivity contribution >= 4 is 0 Å². The van der Waals surface area contributed by atoms with Gasteiger partial charge in [0.25, 0.3) is 0 Å². The zero-order chi connectivity index (χ0) is 10.6. The van der Waals surface area contributed by atoms with Crippen molar-refractivity contribution in [3.63, 3.8) is 0 Å². The molecule has 80 valence electrons. The molecule has 4 heteroatoms. The van der Waals surface area contributed by atoms with E-state index in [1.54, 1.807) is 0 Å². The highest BCUT2D eigenvalue weighted by Gasteiger charge is 2.23. The van der Waals surface area contributed by atoms with Gasteiger partial charge in [0.2, 0.25) is 0 Å². The number of nitriles is 1. The minimum Gasteiger partial charge on any atom is -0.304 e. The van der Waals surface area contributed by atoms with Crippen LogP contribution in [-0.2, 0) is 0 Å². The number of piperazine rings is 1. The van der Waals surface area contributed by atoms with Crippen molar-refractivity contribution in [3.8, 4) is 6.07 Å². The monoisotopic (exact) mass is 196 g/mol. The Kier molecular flexibility index (Phi) is 4.33. The van der Waals surface area contributed by atoms with E-state index >= 15 is 0 Å². The maximum atomic E-state index is 8.85. The summed E-state index contributed by atoms with van der Waals surface area (Å²) in [6, 6.07) is 2.78. The van der Waals surface area contributed by atoms with Gasteiger partial charge in [0.1, 0.15) is 6.04 Å². The van der Waals surface area contributed by atoms with E-state index in [1.807, 2.05) is 7.05 Å². The molecule has 0 spiro atoms. The molecule has 2 unspecified atom stereocenters. The van der Waals surface area contributed by atoms with E-state index in [-0.39, 0.29) is 6.04 Å². The topological polar surface area (TPSA) is 42.3 Å². The fraction of sp³-hybridized carbons (Fsp3) is 0.900. The maximum Gasteiger partial charge on any atom is 0.108 e. The Hall–Kier alpha value is -0.630. The number of nitrogens with one attached hydrogen (secondary N) is 1. The Morgan fingerprint density at radius 3 is 2.79 bits per heavy atom. The Labute approximate surface area is 86.5 Å². The van der Waals surface area contributed by atoms with Gasteiger partial charge >= 0.3 is 0 Å². The molecule has 0 saturated carbocycles. The molecule has 1 aliphatic heterocycles. The van der Waals surface area contributed by atoms with Gasteiger partial charge in [-0.2, -0.15) is 5.26 Å². The van der Waals surface area contributed by atoms with Gasteiger partial charge in [0, 0.05) is 32.2 Å². The van der Waals surface area contributed by atoms with Crippen molar-refractivity contribution in [2.75, 3.05) is 40.3 Å². The Bertz CT molecular complexity index is 211. The SMILES string of the molecule is CNC(C#N)CN1CCN(C)CC1C. The number of rotatable bonds is 3. The predicted molar refractivity (Wildman–Crippen MR) is 57.0 cm³/mol. The summed E-state index contributed by atoms with van der Waals surface area (Å²) in [5, 5.41) is 11.9. The molecule has 14 heavy (non-hydrogen) atoms. The number of hydrogen-bond acceptors (Lipinski definition) is 4.